The van der Waals surface area contributed by atoms with Crippen LogP contribution in [0.15, 0.2) is 34.9 Å². The summed E-state index contributed by atoms with van der Waals surface area (Å²) in [6.45, 7) is 2.02. The first-order valence-electron chi connectivity index (χ1n) is 5.41. The Kier molecular flexibility index (Phi) is 3.11. The number of aromatic amines is 1. The number of H-pyrrole nitrogens is 1. The van der Waals surface area contributed by atoms with Gasteiger partial charge in [-0.2, -0.15) is 0 Å². The van der Waals surface area contributed by atoms with E-state index in [1.165, 1.54) is 0 Å². The number of nitrogens with zero attached hydrogens (tertiary/aromatic N) is 2. The smallest absolute Gasteiger partial charge is 0.178 e. The second-order valence-electron chi connectivity index (χ2n) is 4.09. The number of hydrogen-bond acceptors (Lipinski definition) is 2. The largest absolute Gasteiger partial charge is 0.337 e. The molecule has 0 saturated heterocycles. The molecule has 1 N–H and O–H groups in total. The Labute approximate surface area is 126 Å². The van der Waals surface area contributed by atoms with E-state index in [1.54, 1.807) is 0 Å². The third-order valence-electron chi connectivity index (χ3n) is 2.66. The number of rotatable bonds is 1. The lowest BCUT2D eigenvalue weighted by Crippen LogP contribution is -1.85. The number of fused-ring (bicyclic) bond motifs is 1. The molecule has 0 aliphatic rings. The van der Waals surface area contributed by atoms with Gasteiger partial charge in [-0.25, -0.2) is 9.97 Å². The molecular formula is C13H9BrIN3. The summed E-state index contributed by atoms with van der Waals surface area (Å²) in [5.74, 6) is 0.855. The number of halogens is 2. The van der Waals surface area contributed by atoms with Crippen molar-refractivity contribution in [3.8, 4) is 11.4 Å². The molecule has 90 valence electrons. The van der Waals surface area contributed by atoms with Crippen molar-refractivity contribution >= 4 is 49.7 Å². The molecule has 0 saturated carbocycles. The Hall–Kier alpha value is -0.950. The zero-order valence-electron chi connectivity index (χ0n) is 9.54. The van der Waals surface area contributed by atoms with E-state index >= 15 is 0 Å². The third kappa shape index (κ3) is 2.16. The predicted molar refractivity (Wildman–Crippen MR) is 84.5 cm³/mol. The van der Waals surface area contributed by atoms with E-state index in [0.717, 1.165) is 36.2 Å². The van der Waals surface area contributed by atoms with Crippen molar-refractivity contribution in [3.63, 3.8) is 0 Å². The highest BCUT2D eigenvalue weighted by atomic mass is 127. The number of benzene rings is 1. The van der Waals surface area contributed by atoms with Gasteiger partial charge in [0, 0.05) is 19.8 Å². The number of aromatic nitrogens is 3. The number of hydrogen-bond donors (Lipinski definition) is 1. The van der Waals surface area contributed by atoms with Crippen LogP contribution in [-0.2, 0) is 0 Å². The summed E-state index contributed by atoms with van der Waals surface area (Å²) in [5.41, 5.74) is 3.94. The maximum Gasteiger partial charge on any atom is 0.178 e. The van der Waals surface area contributed by atoms with Crippen LogP contribution in [-0.4, -0.2) is 15.0 Å². The van der Waals surface area contributed by atoms with Gasteiger partial charge in [-0.3, -0.25) is 0 Å². The monoisotopic (exact) mass is 413 g/mol. The molecular weight excluding hydrogens is 405 g/mol. The highest BCUT2D eigenvalue weighted by Crippen LogP contribution is 2.27. The fourth-order valence-electron chi connectivity index (χ4n) is 1.81. The van der Waals surface area contributed by atoms with Crippen LogP contribution in [0.5, 0.6) is 0 Å². The van der Waals surface area contributed by atoms with E-state index < -0.39 is 0 Å². The standard InChI is InChI=1S/C13H9BrIN3/c1-7-4-11-13(16-6-7)18-12(17-11)9-5-8(14)2-3-10(9)15/h2-6H,1H3,(H,16,17,18). The van der Waals surface area contributed by atoms with Crippen LogP contribution in [0, 0.1) is 10.5 Å². The molecule has 0 radical (unpaired) electrons. The van der Waals surface area contributed by atoms with Gasteiger partial charge in [0.25, 0.3) is 0 Å². The predicted octanol–water partition coefficient (Wildman–Crippen LogP) is 4.30. The Morgan fingerprint density at radius 1 is 1.28 bits per heavy atom. The van der Waals surface area contributed by atoms with Crippen molar-refractivity contribution < 1.29 is 0 Å². The molecule has 0 atom stereocenters. The molecule has 0 fully saturated rings. The number of aryl methyl sites for hydroxylation is 1. The first-order chi connectivity index (χ1) is 8.63. The van der Waals surface area contributed by atoms with Gasteiger partial charge >= 0.3 is 0 Å². The fourth-order valence-corrected chi connectivity index (χ4v) is 2.76. The van der Waals surface area contributed by atoms with Crippen LogP contribution < -0.4 is 0 Å². The molecule has 1 aromatic carbocycles. The van der Waals surface area contributed by atoms with E-state index in [-0.39, 0.29) is 0 Å². The van der Waals surface area contributed by atoms with Gasteiger partial charge in [-0.1, -0.05) is 15.9 Å². The molecule has 0 bridgehead atoms. The Balaban J connectivity index is 2.22. The van der Waals surface area contributed by atoms with Gasteiger partial charge in [0.1, 0.15) is 5.82 Å². The Bertz CT molecular complexity index is 736. The molecule has 2 aromatic heterocycles. The van der Waals surface area contributed by atoms with Crippen LogP contribution in [0.25, 0.3) is 22.6 Å². The van der Waals surface area contributed by atoms with Crippen molar-refractivity contribution in [2.24, 2.45) is 0 Å². The molecule has 3 aromatic rings. The number of nitrogens with one attached hydrogen (secondary N) is 1. The maximum atomic E-state index is 4.53. The third-order valence-corrected chi connectivity index (χ3v) is 4.09. The summed E-state index contributed by atoms with van der Waals surface area (Å²) in [6.07, 6.45) is 1.83. The molecule has 3 nitrogen and oxygen atoms in total. The lowest BCUT2D eigenvalue weighted by Gasteiger charge is -2.01. The molecule has 0 unspecified atom stereocenters. The lowest BCUT2D eigenvalue weighted by atomic mass is 10.2. The van der Waals surface area contributed by atoms with Crippen LogP contribution in [0.2, 0.25) is 0 Å². The molecule has 0 amide bonds. The normalized spacial score (nSPS) is 11.1. The minimum atomic E-state index is 0.756. The Morgan fingerprint density at radius 3 is 2.94 bits per heavy atom. The molecule has 0 aliphatic heterocycles. The molecule has 0 spiro atoms. The molecule has 5 heteroatoms. The lowest BCUT2D eigenvalue weighted by molar-refractivity contribution is 1.28. The number of pyridine rings is 1. The zero-order valence-corrected chi connectivity index (χ0v) is 13.3. The van der Waals surface area contributed by atoms with Gasteiger partial charge in [0.05, 0.1) is 5.52 Å². The average Bonchev–Trinajstić information content (AvgIpc) is 2.74. The van der Waals surface area contributed by atoms with Gasteiger partial charge in [-0.05, 0) is 59.3 Å². The van der Waals surface area contributed by atoms with Gasteiger partial charge in [0.15, 0.2) is 5.65 Å². The summed E-state index contributed by atoms with van der Waals surface area (Å²) in [4.78, 5) is 12.2. The highest BCUT2D eigenvalue weighted by molar-refractivity contribution is 14.1. The summed E-state index contributed by atoms with van der Waals surface area (Å²) >= 11 is 5.80. The van der Waals surface area contributed by atoms with Crippen molar-refractivity contribution in [2.75, 3.05) is 0 Å². The minimum Gasteiger partial charge on any atom is -0.337 e. The first-order valence-corrected chi connectivity index (χ1v) is 7.28. The van der Waals surface area contributed by atoms with Gasteiger partial charge in [-0.15, -0.1) is 0 Å². The van der Waals surface area contributed by atoms with Crippen molar-refractivity contribution in [1.29, 1.82) is 0 Å². The van der Waals surface area contributed by atoms with Crippen LogP contribution in [0.1, 0.15) is 5.56 Å². The van der Waals surface area contributed by atoms with Crippen molar-refractivity contribution in [1.82, 2.24) is 15.0 Å². The maximum absolute atomic E-state index is 4.53. The quantitative estimate of drug-likeness (QED) is 0.604. The summed E-state index contributed by atoms with van der Waals surface area (Å²) in [5, 5.41) is 0. The van der Waals surface area contributed by atoms with E-state index in [9.17, 15) is 0 Å². The van der Waals surface area contributed by atoms with E-state index in [2.05, 4.69) is 71.7 Å². The van der Waals surface area contributed by atoms with E-state index in [1.807, 2.05) is 19.2 Å². The summed E-state index contributed by atoms with van der Waals surface area (Å²) in [7, 11) is 0. The molecule has 18 heavy (non-hydrogen) atoms. The highest BCUT2D eigenvalue weighted by Gasteiger charge is 2.09. The zero-order chi connectivity index (χ0) is 12.7. The van der Waals surface area contributed by atoms with Crippen LogP contribution >= 0.6 is 38.5 Å². The molecule has 2 heterocycles. The van der Waals surface area contributed by atoms with E-state index in [4.69, 9.17) is 0 Å². The van der Waals surface area contributed by atoms with Crippen molar-refractivity contribution in [2.45, 2.75) is 6.92 Å². The number of imidazole rings is 1. The van der Waals surface area contributed by atoms with Gasteiger partial charge < -0.3 is 4.98 Å². The van der Waals surface area contributed by atoms with Crippen LogP contribution in [0.3, 0.4) is 0 Å². The first kappa shape index (κ1) is 12.1. The van der Waals surface area contributed by atoms with Crippen molar-refractivity contribution in [3.05, 3.63) is 44.1 Å². The molecule has 0 aliphatic carbocycles. The molecule has 3 rings (SSSR count). The SMILES string of the molecule is Cc1cnc2nc(-c3cc(Br)ccc3I)[nH]c2c1. The van der Waals surface area contributed by atoms with E-state index in [0.29, 0.717) is 0 Å². The fraction of sp³-hybridized carbons (Fsp3) is 0.0769. The summed E-state index contributed by atoms with van der Waals surface area (Å²) < 4.78 is 2.20. The van der Waals surface area contributed by atoms with Gasteiger partial charge in [0.2, 0.25) is 0 Å². The second-order valence-corrected chi connectivity index (χ2v) is 6.17. The average molecular weight is 414 g/mol. The minimum absolute atomic E-state index is 0.756. The topological polar surface area (TPSA) is 41.6 Å². The second kappa shape index (κ2) is 4.62. The van der Waals surface area contributed by atoms with Crippen LogP contribution in [0.4, 0.5) is 0 Å². The Morgan fingerprint density at radius 2 is 2.11 bits per heavy atom. The summed E-state index contributed by atoms with van der Waals surface area (Å²) in [6, 6.07) is 8.21.